The summed E-state index contributed by atoms with van der Waals surface area (Å²) in [6, 6.07) is 19.1. The first-order valence-corrected chi connectivity index (χ1v) is 10.0. The summed E-state index contributed by atoms with van der Waals surface area (Å²) in [5, 5.41) is 5.53. The van der Waals surface area contributed by atoms with Crippen molar-refractivity contribution >= 4 is 50.8 Å². The molecule has 1 amide bonds. The Labute approximate surface area is 173 Å². The number of nitrogens with zero attached hydrogens (tertiary/aromatic N) is 1. The highest BCUT2D eigenvalue weighted by atomic mass is 79.9. The van der Waals surface area contributed by atoms with Crippen molar-refractivity contribution in [2.24, 2.45) is 5.10 Å². The van der Waals surface area contributed by atoms with Gasteiger partial charge in [0.15, 0.2) is 10.9 Å². The van der Waals surface area contributed by atoms with E-state index in [0.717, 1.165) is 19.8 Å². The second kappa shape index (κ2) is 8.08. The molecule has 1 N–H and O–H groups in total. The van der Waals surface area contributed by atoms with Crippen LogP contribution >= 0.6 is 27.7 Å². The van der Waals surface area contributed by atoms with Crippen LogP contribution in [0, 0.1) is 6.92 Å². The highest BCUT2D eigenvalue weighted by molar-refractivity contribution is 9.10. The number of carbonyl (C=O) groups is 1. The average Bonchev–Trinajstić information content (AvgIpc) is 3.30. The van der Waals surface area contributed by atoms with Gasteiger partial charge in [-0.1, -0.05) is 45.4 Å². The third-order valence-corrected chi connectivity index (χ3v) is 5.32. The van der Waals surface area contributed by atoms with Crippen molar-refractivity contribution in [1.82, 2.24) is 5.43 Å². The van der Waals surface area contributed by atoms with E-state index in [0.29, 0.717) is 11.3 Å². The number of furan rings is 2. The van der Waals surface area contributed by atoms with Gasteiger partial charge in [0.05, 0.1) is 6.21 Å². The van der Waals surface area contributed by atoms with Crippen LogP contribution in [0.4, 0.5) is 0 Å². The summed E-state index contributed by atoms with van der Waals surface area (Å²) in [5.41, 5.74) is 4.30. The molecular weight excluding hydrogens is 440 g/mol. The van der Waals surface area contributed by atoms with Gasteiger partial charge < -0.3 is 8.83 Å². The Morgan fingerprint density at radius 2 is 1.89 bits per heavy atom. The van der Waals surface area contributed by atoms with Gasteiger partial charge in [-0.25, -0.2) is 5.43 Å². The standard InChI is InChI=1S/C21H15BrN2O3S/c1-13-2-6-17(7-3-13)28-20-9-5-16(26-20)12-23-24-21(25)19-11-14-10-15(22)4-8-18(14)27-19/h2-12H,1H3,(H,24,25)/b23-12+. The number of hydrazone groups is 1. The zero-order valence-corrected chi connectivity index (χ0v) is 17.2. The van der Waals surface area contributed by atoms with Crippen molar-refractivity contribution in [3.8, 4) is 0 Å². The van der Waals surface area contributed by atoms with Crippen LogP contribution < -0.4 is 5.43 Å². The molecule has 4 rings (SSSR count). The highest BCUT2D eigenvalue weighted by Crippen LogP contribution is 2.29. The van der Waals surface area contributed by atoms with E-state index in [1.54, 1.807) is 18.2 Å². The summed E-state index contributed by atoms with van der Waals surface area (Å²) >= 11 is 4.92. The molecular formula is C21H15BrN2O3S. The zero-order valence-electron chi connectivity index (χ0n) is 14.8. The number of hydrogen-bond acceptors (Lipinski definition) is 5. The van der Waals surface area contributed by atoms with Crippen LogP contribution in [0.5, 0.6) is 0 Å². The van der Waals surface area contributed by atoms with Gasteiger partial charge in [-0.05, 0) is 55.5 Å². The Morgan fingerprint density at radius 3 is 2.71 bits per heavy atom. The maximum absolute atomic E-state index is 12.2. The van der Waals surface area contributed by atoms with Crippen LogP contribution in [-0.2, 0) is 0 Å². The Bertz CT molecular complexity index is 1160. The van der Waals surface area contributed by atoms with Gasteiger partial charge in [-0.3, -0.25) is 4.79 Å². The van der Waals surface area contributed by atoms with E-state index in [9.17, 15) is 4.79 Å². The average molecular weight is 455 g/mol. The Balaban J connectivity index is 1.38. The summed E-state index contributed by atoms with van der Waals surface area (Å²) in [6.45, 7) is 2.05. The largest absolute Gasteiger partial charge is 0.451 e. The SMILES string of the molecule is Cc1ccc(Sc2ccc(/C=N/NC(=O)c3cc4cc(Br)ccc4o3)o2)cc1. The highest BCUT2D eigenvalue weighted by Gasteiger charge is 2.12. The van der Waals surface area contributed by atoms with Gasteiger partial charge in [0.2, 0.25) is 0 Å². The van der Waals surface area contributed by atoms with Crippen molar-refractivity contribution in [3.63, 3.8) is 0 Å². The summed E-state index contributed by atoms with van der Waals surface area (Å²) in [4.78, 5) is 13.3. The Morgan fingerprint density at radius 1 is 1.07 bits per heavy atom. The quantitative estimate of drug-likeness (QED) is 0.296. The molecule has 2 aromatic heterocycles. The first-order valence-electron chi connectivity index (χ1n) is 8.44. The van der Waals surface area contributed by atoms with Crippen LogP contribution in [-0.4, -0.2) is 12.1 Å². The number of benzene rings is 2. The second-order valence-electron chi connectivity index (χ2n) is 6.06. The Kier molecular flexibility index (Phi) is 5.36. The molecule has 0 bridgehead atoms. The van der Waals surface area contributed by atoms with E-state index in [1.807, 2.05) is 30.3 Å². The molecule has 2 aromatic carbocycles. The molecule has 0 unspecified atom stereocenters. The fraction of sp³-hybridized carbons (Fsp3) is 0.0476. The van der Waals surface area contributed by atoms with Crippen LogP contribution in [0.3, 0.4) is 0 Å². The van der Waals surface area contributed by atoms with Crippen LogP contribution in [0.25, 0.3) is 11.0 Å². The number of amides is 1. The van der Waals surface area contributed by atoms with Crippen LogP contribution in [0.2, 0.25) is 0 Å². The summed E-state index contributed by atoms with van der Waals surface area (Å²) < 4.78 is 12.2. The molecule has 2 heterocycles. The normalized spacial score (nSPS) is 11.4. The van der Waals surface area contributed by atoms with Gasteiger partial charge in [-0.2, -0.15) is 5.10 Å². The van der Waals surface area contributed by atoms with Crippen molar-refractivity contribution < 1.29 is 13.6 Å². The first kappa shape index (κ1) is 18.6. The summed E-state index contributed by atoms with van der Waals surface area (Å²) in [7, 11) is 0. The lowest BCUT2D eigenvalue weighted by atomic mass is 10.2. The first-order chi connectivity index (χ1) is 13.6. The predicted molar refractivity (Wildman–Crippen MR) is 113 cm³/mol. The molecule has 0 aliphatic carbocycles. The fourth-order valence-electron chi connectivity index (χ4n) is 2.52. The van der Waals surface area contributed by atoms with Crippen LogP contribution in [0.15, 0.2) is 89.1 Å². The lowest BCUT2D eigenvalue weighted by Gasteiger charge is -1.98. The Hall–Kier alpha value is -2.77. The zero-order chi connectivity index (χ0) is 19.5. The van der Waals surface area contributed by atoms with E-state index in [2.05, 4.69) is 45.5 Å². The number of halogens is 1. The maximum atomic E-state index is 12.2. The van der Waals surface area contributed by atoms with Gasteiger partial charge in [0.25, 0.3) is 0 Å². The van der Waals surface area contributed by atoms with Gasteiger partial charge in [-0.15, -0.1) is 0 Å². The van der Waals surface area contributed by atoms with Crippen molar-refractivity contribution in [3.05, 3.63) is 82.2 Å². The molecule has 0 aliphatic rings. The van der Waals surface area contributed by atoms with E-state index in [4.69, 9.17) is 8.83 Å². The summed E-state index contributed by atoms with van der Waals surface area (Å²) in [5.74, 6) is 0.313. The monoisotopic (exact) mass is 454 g/mol. The smallest absolute Gasteiger partial charge is 0.307 e. The van der Waals surface area contributed by atoms with Crippen molar-refractivity contribution in [2.75, 3.05) is 0 Å². The third kappa shape index (κ3) is 4.37. The van der Waals surface area contributed by atoms with E-state index in [-0.39, 0.29) is 5.76 Å². The number of aryl methyl sites for hydroxylation is 1. The molecule has 0 aliphatic heterocycles. The van der Waals surface area contributed by atoms with E-state index in [1.165, 1.54) is 23.5 Å². The number of nitrogens with one attached hydrogen (secondary N) is 1. The molecule has 0 saturated carbocycles. The molecule has 0 saturated heterocycles. The predicted octanol–water partition coefficient (Wildman–Crippen LogP) is 6.01. The van der Waals surface area contributed by atoms with Gasteiger partial charge in [0, 0.05) is 14.8 Å². The van der Waals surface area contributed by atoms with Gasteiger partial charge >= 0.3 is 5.91 Å². The number of carbonyl (C=O) groups excluding carboxylic acids is 1. The number of rotatable bonds is 5. The van der Waals surface area contributed by atoms with E-state index >= 15 is 0 Å². The molecule has 7 heteroatoms. The minimum Gasteiger partial charge on any atom is -0.451 e. The lowest BCUT2D eigenvalue weighted by molar-refractivity contribution is 0.0929. The molecule has 0 fully saturated rings. The third-order valence-electron chi connectivity index (χ3n) is 3.90. The molecule has 140 valence electrons. The molecule has 0 spiro atoms. The lowest BCUT2D eigenvalue weighted by Crippen LogP contribution is -2.16. The van der Waals surface area contributed by atoms with Gasteiger partial charge in [0.1, 0.15) is 11.3 Å². The fourth-order valence-corrected chi connectivity index (χ4v) is 3.67. The molecule has 5 nitrogen and oxygen atoms in total. The maximum Gasteiger partial charge on any atom is 0.307 e. The minimum absolute atomic E-state index is 0.195. The van der Waals surface area contributed by atoms with Crippen molar-refractivity contribution in [2.45, 2.75) is 16.9 Å². The minimum atomic E-state index is -0.426. The molecule has 4 aromatic rings. The molecule has 0 atom stereocenters. The topological polar surface area (TPSA) is 67.7 Å². The van der Waals surface area contributed by atoms with E-state index < -0.39 is 5.91 Å². The summed E-state index contributed by atoms with van der Waals surface area (Å²) in [6.07, 6.45) is 1.45. The second-order valence-corrected chi connectivity index (χ2v) is 8.06. The van der Waals surface area contributed by atoms with Crippen molar-refractivity contribution in [1.29, 1.82) is 0 Å². The number of hydrogen-bond donors (Lipinski definition) is 1. The molecule has 0 radical (unpaired) electrons. The number of fused-ring (bicyclic) bond motifs is 1. The van der Waals surface area contributed by atoms with Crippen LogP contribution in [0.1, 0.15) is 21.9 Å². The molecule has 28 heavy (non-hydrogen) atoms.